The predicted octanol–water partition coefficient (Wildman–Crippen LogP) is 1.48. The first-order chi connectivity index (χ1) is 8.20. The van der Waals surface area contributed by atoms with E-state index in [2.05, 4.69) is 19.1 Å². The van der Waals surface area contributed by atoms with Crippen molar-refractivity contribution in [1.82, 2.24) is 4.81 Å². The molecule has 87 valence electrons. The molecule has 0 atom stereocenters. The highest BCUT2D eigenvalue weighted by molar-refractivity contribution is 6.64. The summed E-state index contributed by atoms with van der Waals surface area (Å²) >= 11 is 0. The topological polar surface area (TPSA) is 46.3 Å². The fourth-order valence-corrected chi connectivity index (χ4v) is 2.20. The Labute approximate surface area is 103 Å². The summed E-state index contributed by atoms with van der Waals surface area (Å²) < 4.78 is 0. The molecule has 2 N–H and O–H groups in total. The van der Waals surface area contributed by atoms with Crippen LogP contribution in [-0.4, -0.2) is 31.5 Å². The fraction of sp³-hybridized carbons (Fsp3) is 0.308. The van der Waals surface area contributed by atoms with Crippen molar-refractivity contribution in [2.45, 2.75) is 13.3 Å². The molecule has 1 radical (unpaired) electrons. The van der Waals surface area contributed by atoms with Crippen LogP contribution in [0.4, 0.5) is 5.69 Å². The van der Waals surface area contributed by atoms with Gasteiger partial charge in [0.2, 0.25) is 0 Å². The maximum absolute atomic E-state index is 10.4. The molecule has 0 saturated heterocycles. The van der Waals surface area contributed by atoms with Gasteiger partial charge in [0.25, 0.3) is 7.41 Å². The number of hydrogen-bond acceptors (Lipinski definition) is 3. The molecule has 1 aromatic carbocycles. The van der Waals surface area contributed by atoms with Crippen molar-refractivity contribution in [3.05, 3.63) is 35.4 Å². The Kier molecular flexibility index (Phi) is 3.64. The second-order valence-electron chi connectivity index (χ2n) is 4.33. The monoisotopic (exact) mass is 227 g/mol. The molecule has 2 rings (SSSR count). The van der Waals surface area contributed by atoms with Gasteiger partial charge in [0, 0.05) is 12.2 Å². The highest BCUT2D eigenvalue weighted by Crippen LogP contribution is 2.26. The van der Waals surface area contributed by atoms with Crippen LogP contribution in [0.25, 0.3) is 5.57 Å². The Hall–Kier alpha value is -1.55. The Morgan fingerprint density at radius 3 is 2.88 bits per heavy atom. The number of rotatable bonds is 3. The maximum atomic E-state index is 10.4. The van der Waals surface area contributed by atoms with E-state index in [0.717, 1.165) is 31.4 Å². The van der Waals surface area contributed by atoms with Gasteiger partial charge in [-0.1, -0.05) is 12.1 Å². The molecule has 0 spiro atoms. The summed E-state index contributed by atoms with van der Waals surface area (Å²) in [4.78, 5) is 12.4. The highest BCUT2D eigenvalue weighted by Gasteiger charge is 2.14. The number of anilines is 1. The molecule has 3 nitrogen and oxygen atoms in total. The van der Waals surface area contributed by atoms with Crippen LogP contribution in [0.1, 0.15) is 17.5 Å². The van der Waals surface area contributed by atoms with Crippen LogP contribution in [0, 0.1) is 6.92 Å². The first kappa shape index (κ1) is 11.9. The summed E-state index contributed by atoms with van der Waals surface area (Å²) in [5.41, 5.74) is 10.4. The normalized spacial score (nSPS) is 16.4. The van der Waals surface area contributed by atoms with Gasteiger partial charge in [-0.3, -0.25) is 0 Å². The minimum atomic E-state index is 0.803. The number of benzene rings is 1. The van der Waals surface area contributed by atoms with Crippen LogP contribution in [0.5, 0.6) is 0 Å². The Bertz CT molecular complexity index is 457. The van der Waals surface area contributed by atoms with Gasteiger partial charge in [0.1, 0.15) is 0 Å². The van der Waals surface area contributed by atoms with Gasteiger partial charge in [-0.15, -0.1) is 0 Å². The molecule has 0 bridgehead atoms. The van der Waals surface area contributed by atoms with Crippen LogP contribution in [0.3, 0.4) is 0 Å². The van der Waals surface area contributed by atoms with Crippen molar-refractivity contribution < 1.29 is 4.79 Å². The number of nitrogen functional groups attached to an aromatic ring is 1. The Balaban J connectivity index is 2.16. The average Bonchev–Trinajstić information content (AvgIpc) is 2.31. The largest absolute Gasteiger partial charge is 0.399 e. The van der Waals surface area contributed by atoms with E-state index in [1.54, 1.807) is 7.41 Å². The SMILES string of the molecule is Cc1cc(N)ccc1C1=CCN([B]C=O)CC1. The summed E-state index contributed by atoms with van der Waals surface area (Å²) in [6.45, 7) is 3.78. The molecule has 4 heteroatoms. The van der Waals surface area contributed by atoms with Gasteiger partial charge in [-0.05, 0) is 48.7 Å². The number of nitrogens with zero attached hydrogens (tertiary/aromatic N) is 1. The number of hydrogen-bond donors (Lipinski definition) is 1. The van der Waals surface area contributed by atoms with Crippen molar-refractivity contribution in [2.75, 3.05) is 18.8 Å². The fourth-order valence-electron chi connectivity index (χ4n) is 2.20. The van der Waals surface area contributed by atoms with E-state index in [1.165, 1.54) is 16.7 Å². The summed E-state index contributed by atoms with van der Waals surface area (Å²) in [6, 6.07) is 6.02. The highest BCUT2D eigenvalue weighted by atomic mass is 16.1. The zero-order chi connectivity index (χ0) is 12.3. The summed E-state index contributed by atoms with van der Waals surface area (Å²) in [5.74, 6) is 0. The molecule has 1 aliphatic heterocycles. The molecular formula is C13H16BN2O. The molecule has 0 unspecified atom stereocenters. The molecule has 0 fully saturated rings. The zero-order valence-corrected chi connectivity index (χ0v) is 10.0. The lowest BCUT2D eigenvalue weighted by molar-refractivity contribution is 0.487. The summed E-state index contributed by atoms with van der Waals surface area (Å²) in [7, 11) is 1.60. The molecule has 0 saturated carbocycles. The summed E-state index contributed by atoms with van der Waals surface area (Å²) in [6.07, 6.45) is 3.99. The smallest absolute Gasteiger partial charge is 0.293 e. The van der Waals surface area contributed by atoms with Gasteiger partial charge in [0.05, 0.1) is 6.19 Å². The van der Waals surface area contributed by atoms with E-state index in [1.807, 2.05) is 16.9 Å². The molecule has 0 amide bonds. The third kappa shape index (κ3) is 2.77. The molecule has 0 aromatic heterocycles. The molecule has 0 aliphatic carbocycles. The minimum absolute atomic E-state index is 0.803. The van der Waals surface area contributed by atoms with Gasteiger partial charge >= 0.3 is 0 Å². The molecule has 1 aromatic rings. The maximum Gasteiger partial charge on any atom is 0.293 e. The van der Waals surface area contributed by atoms with Crippen LogP contribution in [0.15, 0.2) is 24.3 Å². The van der Waals surface area contributed by atoms with Crippen molar-refractivity contribution in [3.8, 4) is 0 Å². The molecule has 1 aliphatic rings. The summed E-state index contributed by atoms with van der Waals surface area (Å²) in [5, 5.41) is 0. The van der Waals surface area contributed by atoms with Gasteiger partial charge in [-0.25, -0.2) is 0 Å². The van der Waals surface area contributed by atoms with Crippen molar-refractivity contribution >= 4 is 24.9 Å². The second-order valence-corrected chi connectivity index (χ2v) is 4.33. The number of carbonyl (C=O) groups excluding carboxylic acids is 1. The quantitative estimate of drug-likeness (QED) is 0.483. The van der Waals surface area contributed by atoms with Crippen LogP contribution in [-0.2, 0) is 4.79 Å². The third-order valence-electron chi connectivity index (χ3n) is 3.11. The van der Waals surface area contributed by atoms with E-state index in [4.69, 9.17) is 5.73 Å². The standard InChI is InChI=1S/C13H16BN2O/c1-10-8-12(15)2-3-13(10)11-4-6-16(7-5-11)14-9-17/h2-4,8-9H,5-7,15H2,1H3. The predicted molar refractivity (Wildman–Crippen MR) is 72.3 cm³/mol. The number of aryl methyl sites for hydroxylation is 1. The molecule has 1 heterocycles. The number of carbonyl (C=O) groups is 1. The average molecular weight is 227 g/mol. The first-order valence-electron chi connectivity index (χ1n) is 5.79. The van der Waals surface area contributed by atoms with Crippen molar-refractivity contribution in [2.24, 2.45) is 0 Å². The van der Waals surface area contributed by atoms with E-state index in [9.17, 15) is 4.79 Å². The number of nitrogens with two attached hydrogens (primary N) is 1. The Morgan fingerprint density at radius 1 is 1.47 bits per heavy atom. The first-order valence-corrected chi connectivity index (χ1v) is 5.79. The molecule has 17 heavy (non-hydrogen) atoms. The lowest BCUT2D eigenvalue weighted by Crippen LogP contribution is -2.32. The zero-order valence-electron chi connectivity index (χ0n) is 10.0. The van der Waals surface area contributed by atoms with Gasteiger partial charge in [-0.2, -0.15) is 0 Å². The van der Waals surface area contributed by atoms with Gasteiger partial charge in [0.15, 0.2) is 0 Å². The van der Waals surface area contributed by atoms with E-state index < -0.39 is 0 Å². The van der Waals surface area contributed by atoms with Gasteiger partial charge < -0.3 is 15.3 Å². The van der Waals surface area contributed by atoms with Crippen molar-refractivity contribution in [3.63, 3.8) is 0 Å². The van der Waals surface area contributed by atoms with Crippen LogP contribution in [0.2, 0.25) is 0 Å². The van der Waals surface area contributed by atoms with Crippen molar-refractivity contribution in [1.29, 1.82) is 0 Å². The van der Waals surface area contributed by atoms with Crippen LogP contribution < -0.4 is 5.73 Å². The van der Waals surface area contributed by atoms with E-state index in [0.29, 0.717) is 0 Å². The third-order valence-corrected chi connectivity index (χ3v) is 3.11. The lowest BCUT2D eigenvalue weighted by Gasteiger charge is -2.25. The van der Waals surface area contributed by atoms with Crippen LogP contribution >= 0.6 is 0 Å². The minimum Gasteiger partial charge on any atom is -0.399 e. The Morgan fingerprint density at radius 2 is 2.29 bits per heavy atom. The van der Waals surface area contributed by atoms with E-state index in [-0.39, 0.29) is 0 Å². The second kappa shape index (κ2) is 5.19. The lowest BCUT2D eigenvalue weighted by atomic mass is 9.88. The molecular weight excluding hydrogens is 211 g/mol. The van der Waals surface area contributed by atoms with E-state index >= 15 is 0 Å².